The minimum absolute atomic E-state index is 0.702. The number of aromatic nitrogens is 4. The number of fused-ring (bicyclic) bond motifs is 3. The van der Waals surface area contributed by atoms with Crippen LogP contribution in [-0.4, -0.2) is 19.5 Å². The third-order valence-corrected chi connectivity index (χ3v) is 7.29. The molecule has 37 heavy (non-hydrogen) atoms. The molecular formula is C33H26N4. The van der Waals surface area contributed by atoms with Crippen LogP contribution in [0.2, 0.25) is 0 Å². The lowest BCUT2D eigenvalue weighted by atomic mass is 9.95. The molecular weight excluding hydrogens is 452 g/mol. The second-order valence-electron chi connectivity index (χ2n) is 9.57. The molecule has 0 bridgehead atoms. The maximum absolute atomic E-state index is 4.97. The highest BCUT2D eigenvalue weighted by molar-refractivity contribution is 5.87. The number of aryl methyl sites for hydroxylation is 1. The van der Waals surface area contributed by atoms with E-state index in [0.717, 1.165) is 34.6 Å². The van der Waals surface area contributed by atoms with E-state index in [2.05, 4.69) is 58.1 Å². The molecule has 0 saturated heterocycles. The SMILES string of the molecule is c1ccc(-c2nc(-c3ccc(-n4c5c(c6ccccc64)CCCC5)cc3)cc(-c3ccccn3)n2)cc1. The second-order valence-corrected chi connectivity index (χ2v) is 9.57. The Bertz CT molecular complexity index is 1640. The normalized spacial score (nSPS) is 13.0. The van der Waals surface area contributed by atoms with Crippen LogP contribution in [0.1, 0.15) is 24.1 Å². The molecule has 6 aromatic rings. The molecule has 3 aromatic heterocycles. The molecule has 0 saturated carbocycles. The number of pyridine rings is 1. The van der Waals surface area contributed by atoms with Gasteiger partial charge in [-0.15, -0.1) is 0 Å². The first kappa shape index (κ1) is 21.7. The van der Waals surface area contributed by atoms with Crippen LogP contribution >= 0.6 is 0 Å². The minimum Gasteiger partial charge on any atom is -0.313 e. The highest BCUT2D eigenvalue weighted by Gasteiger charge is 2.20. The van der Waals surface area contributed by atoms with Crippen LogP contribution in [0.4, 0.5) is 0 Å². The average molecular weight is 479 g/mol. The zero-order chi connectivity index (χ0) is 24.6. The van der Waals surface area contributed by atoms with Crippen molar-refractivity contribution in [2.24, 2.45) is 0 Å². The third-order valence-electron chi connectivity index (χ3n) is 7.29. The summed E-state index contributed by atoms with van der Waals surface area (Å²) in [5.41, 5.74) is 10.1. The predicted molar refractivity (Wildman–Crippen MR) is 150 cm³/mol. The van der Waals surface area contributed by atoms with Crippen molar-refractivity contribution < 1.29 is 0 Å². The van der Waals surface area contributed by atoms with E-state index in [-0.39, 0.29) is 0 Å². The van der Waals surface area contributed by atoms with Gasteiger partial charge in [0.15, 0.2) is 5.82 Å². The summed E-state index contributed by atoms with van der Waals surface area (Å²) in [4.78, 5) is 14.4. The van der Waals surface area contributed by atoms with Crippen LogP contribution in [0.25, 0.3) is 50.6 Å². The van der Waals surface area contributed by atoms with Crippen molar-refractivity contribution in [3.8, 4) is 39.7 Å². The van der Waals surface area contributed by atoms with Gasteiger partial charge in [-0.1, -0.05) is 66.7 Å². The van der Waals surface area contributed by atoms with Crippen molar-refractivity contribution in [2.45, 2.75) is 25.7 Å². The Morgan fingerprint density at radius 1 is 0.595 bits per heavy atom. The fourth-order valence-corrected chi connectivity index (χ4v) is 5.53. The molecule has 0 atom stereocenters. The molecule has 3 aromatic carbocycles. The highest BCUT2D eigenvalue weighted by Crippen LogP contribution is 2.35. The molecule has 0 unspecified atom stereocenters. The smallest absolute Gasteiger partial charge is 0.160 e. The lowest BCUT2D eigenvalue weighted by Crippen LogP contribution is -2.06. The standard InChI is InChI=1S/C33H26N4/c1-2-10-24(11-3-1)33-35-29(22-30(36-33)28-14-8-9-21-34-28)23-17-19-25(20-18-23)37-31-15-6-4-12-26(31)27-13-5-7-16-32(27)37/h1-4,6,8-12,14-15,17-22H,5,7,13,16H2. The van der Waals surface area contributed by atoms with E-state index < -0.39 is 0 Å². The molecule has 0 spiro atoms. The maximum atomic E-state index is 4.97. The third kappa shape index (κ3) is 3.91. The van der Waals surface area contributed by atoms with Crippen LogP contribution < -0.4 is 0 Å². The number of hydrogen-bond acceptors (Lipinski definition) is 3. The molecule has 178 valence electrons. The van der Waals surface area contributed by atoms with Crippen molar-refractivity contribution >= 4 is 10.9 Å². The lowest BCUT2D eigenvalue weighted by Gasteiger charge is -2.16. The summed E-state index contributed by atoms with van der Waals surface area (Å²) < 4.78 is 2.46. The van der Waals surface area contributed by atoms with Gasteiger partial charge in [0, 0.05) is 34.1 Å². The number of nitrogens with zero attached hydrogens (tertiary/aromatic N) is 4. The Morgan fingerprint density at radius 3 is 2.19 bits per heavy atom. The Morgan fingerprint density at radius 2 is 1.35 bits per heavy atom. The van der Waals surface area contributed by atoms with Gasteiger partial charge < -0.3 is 4.57 Å². The molecule has 0 aliphatic heterocycles. The number of para-hydroxylation sites is 1. The first-order chi connectivity index (χ1) is 18.3. The summed E-state index contributed by atoms with van der Waals surface area (Å²) in [6, 6.07) is 35.7. The van der Waals surface area contributed by atoms with Crippen LogP contribution in [0, 0.1) is 0 Å². The molecule has 4 nitrogen and oxygen atoms in total. The van der Waals surface area contributed by atoms with Gasteiger partial charge in [0.05, 0.1) is 22.6 Å². The number of benzene rings is 3. The highest BCUT2D eigenvalue weighted by atomic mass is 15.0. The first-order valence-electron chi connectivity index (χ1n) is 12.9. The molecule has 0 radical (unpaired) electrons. The van der Waals surface area contributed by atoms with Crippen LogP contribution in [0.5, 0.6) is 0 Å². The van der Waals surface area contributed by atoms with Crippen molar-refractivity contribution in [1.29, 1.82) is 0 Å². The van der Waals surface area contributed by atoms with Crippen LogP contribution in [0.15, 0.2) is 109 Å². The minimum atomic E-state index is 0.702. The summed E-state index contributed by atoms with van der Waals surface area (Å²) >= 11 is 0. The molecule has 1 aliphatic rings. The van der Waals surface area contributed by atoms with E-state index >= 15 is 0 Å². The van der Waals surface area contributed by atoms with Gasteiger partial charge in [-0.25, -0.2) is 9.97 Å². The van der Waals surface area contributed by atoms with Gasteiger partial charge in [0.1, 0.15) is 0 Å². The second kappa shape index (κ2) is 9.14. The Labute approximate surface area is 216 Å². The molecule has 1 aliphatic carbocycles. The Kier molecular flexibility index (Phi) is 5.36. The van der Waals surface area contributed by atoms with E-state index in [4.69, 9.17) is 9.97 Å². The van der Waals surface area contributed by atoms with E-state index in [1.807, 2.05) is 54.6 Å². The average Bonchev–Trinajstić information content (AvgIpc) is 3.32. The zero-order valence-corrected chi connectivity index (χ0v) is 20.5. The summed E-state index contributed by atoms with van der Waals surface area (Å²) in [7, 11) is 0. The maximum Gasteiger partial charge on any atom is 0.160 e. The van der Waals surface area contributed by atoms with Gasteiger partial charge in [0.25, 0.3) is 0 Å². The predicted octanol–water partition coefficient (Wildman–Crippen LogP) is 7.70. The van der Waals surface area contributed by atoms with Crippen molar-refractivity contribution in [2.75, 3.05) is 0 Å². The van der Waals surface area contributed by atoms with Gasteiger partial charge in [0.2, 0.25) is 0 Å². The van der Waals surface area contributed by atoms with Crippen molar-refractivity contribution in [1.82, 2.24) is 19.5 Å². The van der Waals surface area contributed by atoms with Gasteiger partial charge in [-0.3, -0.25) is 4.98 Å². The number of hydrogen-bond donors (Lipinski definition) is 0. The topological polar surface area (TPSA) is 43.6 Å². The molecule has 0 amide bonds. The molecule has 0 fully saturated rings. The van der Waals surface area contributed by atoms with E-state index in [9.17, 15) is 0 Å². The van der Waals surface area contributed by atoms with Crippen LogP contribution in [0.3, 0.4) is 0 Å². The molecule has 4 heteroatoms. The fourth-order valence-electron chi connectivity index (χ4n) is 5.53. The van der Waals surface area contributed by atoms with Gasteiger partial charge in [-0.05, 0) is 67.6 Å². The molecule has 3 heterocycles. The van der Waals surface area contributed by atoms with Gasteiger partial charge >= 0.3 is 0 Å². The summed E-state index contributed by atoms with van der Waals surface area (Å²) in [5, 5.41) is 1.39. The molecule has 7 rings (SSSR count). The quantitative estimate of drug-likeness (QED) is 0.261. The van der Waals surface area contributed by atoms with Crippen LogP contribution in [-0.2, 0) is 12.8 Å². The Balaban J connectivity index is 1.34. The van der Waals surface area contributed by atoms with Gasteiger partial charge in [-0.2, -0.15) is 0 Å². The molecule has 0 N–H and O–H groups in total. The lowest BCUT2D eigenvalue weighted by molar-refractivity contribution is 0.667. The monoisotopic (exact) mass is 478 g/mol. The van der Waals surface area contributed by atoms with E-state index in [1.54, 1.807) is 6.20 Å². The number of rotatable bonds is 4. The van der Waals surface area contributed by atoms with E-state index in [0.29, 0.717) is 5.82 Å². The summed E-state index contributed by atoms with van der Waals surface area (Å²) in [5.74, 6) is 0.702. The van der Waals surface area contributed by atoms with Crippen molar-refractivity contribution in [3.05, 3.63) is 121 Å². The first-order valence-corrected chi connectivity index (χ1v) is 12.9. The summed E-state index contributed by atoms with van der Waals surface area (Å²) in [6.45, 7) is 0. The fraction of sp³-hybridized carbons (Fsp3) is 0.121. The Hall–Kier alpha value is -4.57. The van der Waals surface area contributed by atoms with E-state index in [1.165, 1.54) is 47.1 Å². The van der Waals surface area contributed by atoms with Crippen molar-refractivity contribution in [3.63, 3.8) is 0 Å². The largest absolute Gasteiger partial charge is 0.313 e. The summed E-state index contributed by atoms with van der Waals surface area (Å²) in [6.07, 6.45) is 6.62. The zero-order valence-electron chi connectivity index (χ0n) is 20.5.